The molecular formula is C20H18N6S. The van der Waals surface area contributed by atoms with E-state index in [1.165, 1.54) is 0 Å². The van der Waals surface area contributed by atoms with Crippen LogP contribution in [0, 0.1) is 0 Å². The van der Waals surface area contributed by atoms with Gasteiger partial charge < -0.3 is 9.80 Å². The van der Waals surface area contributed by atoms with Crippen LogP contribution >= 0.6 is 11.3 Å². The predicted molar refractivity (Wildman–Crippen MR) is 109 cm³/mol. The molecule has 3 aromatic heterocycles. The Kier molecular flexibility index (Phi) is 4.14. The van der Waals surface area contributed by atoms with Crippen molar-refractivity contribution in [3.05, 3.63) is 59.6 Å². The summed E-state index contributed by atoms with van der Waals surface area (Å²) in [5.41, 5.74) is 2.06. The van der Waals surface area contributed by atoms with Crippen molar-refractivity contribution < 1.29 is 0 Å². The predicted octanol–water partition coefficient (Wildman–Crippen LogP) is 3.47. The van der Waals surface area contributed by atoms with Crippen LogP contribution in [0.5, 0.6) is 0 Å². The zero-order valence-electron chi connectivity index (χ0n) is 14.7. The van der Waals surface area contributed by atoms with Gasteiger partial charge in [0.2, 0.25) is 5.95 Å². The van der Waals surface area contributed by atoms with Crippen molar-refractivity contribution in [1.82, 2.24) is 19.9 Å². The van der Waals surface area contributed by atoms with Crippen LogP contribution < -0.4 is 9.80 Å². The molecule has 1 aliphatic rings. The van der Waals surface area contributed by atoms with Crippen LogP contribution in [0.1, 0.15) is 0 Å². The van der Waals surface area contributed by atoms with Gasteiger partial charge in [-0.2, -0.15) is 11.3 Å². The average molecular weight is 374 g/mol. The van der Waals surface area contributed by atoms with Crippen molar-refractivity contribution in [2.45, 2.75) is 0 Å². The Morgan fingerprint density at radius 1 is 0.815 bits per heavy atom. The molecule has 0 bridgehead atoms. The first-order valence-corrected chi connectivity index (χ1v) is 9.89. The molecule has 1 aliphatic heterocycles. The lowest BCUT2D eigenvalue weighted by Crippen LogP contribution is -2.47. The van der Waals surface area contributed by atoms with E-state index in [0.29, 0.717) is 0 Å². The third-order valence-electron chi connectivity index (χ3n) is 4.78. The van der Waals surface area contributed by atoms with Gasteiger partial charge in [-0.3, -0.25) is 0 Å². The Labute approximate surface area is 161 Å². The Morgan fingerprint density at radius 2 is 1.59 bits per heavy atom. The molecule has 0 radical (unpaired) electrons. The minimum absolute atomic E-state index is 0.791. The minimum atomic E-state index is 0.791. The fourth-order valence-electron chi connectivity index (χ4n) is 3.39. The van der Waals surface area contributed by atoms with Crippen LogP contribution in [0.3, 0.4) is 0 Å². The van der Waals surface area contributed by atoms with Gasteiger partial charge in [0.05, 0.1) is 5.52 Å². The second-order valence-electron chi connectivity index (χ2n) is 6.42. The highest BCUT2D eigenvalue weighted by Gasteiger charge is 2.22. The van der Waals surface area contributed by atoms with Gasteiger partial charge in [0.25, 0.3) is 0 Å². The molecule has 134 valence electrons. The summed E-state index contributed by atoms with van der Waals surface area (Å²) in [5, 5.41) is 5.26. The number of para-hydroxylation sites is 1. The summed E-state index contributed by atoms with van der Waals surface area (Å²) in [6.45, 7) is 3.50. The van der Waals surface area contributed by atoms with Gasteiger partial charge >= 0.3 is 0 Å². The van der Waals surface area contributed by atoms with Gasteiger partial charge in [0.1, 0.15) is 5.82 Å². The average Bonchev–Trinajstić information content (AvgIpc) is 3.29. The Balaban J connectivity index is 1.48. The lowest BCUT2D eigenvalue weighted by molar-refractivity contribution is 0.636. The third kappa shape index (κ3) is 3.10. The largest absolute Gasteiger partial charge is 0.352 e. The van der Waals surface area contributed by atoms with Crippen LogP contribution in [0.2, 0.25) is 0 Å². The molecule has 0 N–H and O–H groups in total. The molecule has 5 rings (SSSR count). The van der Waals surface area contributed by atoms with Crippen molar-refractivity contribution in [3.8, 4) is 11.4 Å². The molecule has 0 aliphatic carbocycles. The number of anilines is 2. The topological polar surface area (TPSA) is 58.0 Å². The van der Waals surface area contributed by atoms with E-state index in [1.54, 1.807) is 23.7 Å². The molecule has 0 unspecified atom stereocenters. The van der Waals surface area contributed by atoms with Gasteiger partial charge in [-0.25, -0.2) is 19.9 Å². The van der Waals surface area contributed by atoms with Crippen molar-refractivity contribution in [3.63, 3.8) is 0 Å². The molecule has 1 saturated heterocycles. The second kappa shape index (κ2) is 6.92. The molecule has 0 atom stereocenters. The number of thiophene rings is 1. The lowest BCUT2D eigenvalue weighted by atomic mass is 10.2. The van der Waals surface area contributed by atoms with Gasteiger partial charge in [0, 0.05) is 54.9 Å². The monoisotopic (exact) mass is 374 g/mol. The molecule has 0 amide bonds. The number of piperazine rings is 1. The highest BCUT2D eigenvalue weighted by atomic mass is 32.1. The Bertz CT molecular complexity index is 1040. The van der Waals surface area contributed by atoms with Crippen molar-refractivity contribution >= 4 is 34.0 Å². The van der Waals surface area contributed by atoms with E-state index in [2.05, 4.69) is 48.7 Å². The SMILES string of the molecule is c1cnc(N2CCN(c3nc(-c4ccsc4)nc4ccccc34)CC2)nc1. The van der Waals surface area contributed by atoms with E-state index in [0.717, 1.165) is 60.2 Å². The summed E-state index contributed by atoms with van der Waals surface area (Å²) in [4.78, 5) is 23.0. The highest BCUT2D eigenvalue weighted by molar-refractivity contribution is 7.08. The summed E-state index contributed by atoms with van der Waals surface area (Å²) in [5.74, 6) is 2.60. The number of nitrogens with zero attached hydrogens (tertiary/aromatic N) is 6. The van der Waals surface area contributed by atoms with E-state index >= 15 is 0 Å². The first-order valence-electron chi connectivity index (χ1n) is 8.95. The molecule has 27 heavy (non-hydrogen) atoms. The molecule has 1 aromatic carbocycles. The summed E-state index contributed by atoms with van der Waals surface area (Å²) in [6.07, 6.45) is 3.58. The molecule has 7 heteroatoms. The van der Waals surface area contributed by atoms with E-state index < -0.39 is 0 Å². The number of hydrogen-bond acceptors (Lipinski definition) is 7. The summed E-state index contributed by atoms with van der Waals surface area (Å²) in [7, 11) is 0. The molecule has 0 saturated carbocycles. The Morgan fingerprint density at radius 3 is 2.37 bits per heavy atom. The second-order valence-corrected chi connectivity index (χ2v) is 7.20. The van der Waals surface area contributed by atoms with Crippen LogP contribution in [-0.4, -0.2) is 46.1 Å². The smallest absolute Gasteiger partial charge is 0.225 e. The highest BCUT2D eigenvalue weighted by Crippen LogP contribution is 2.29. The normalized spacial score (nSPS) is 14.7. The van der Waals surface area contributed by atoms with Crippen LogP contribution in [0.25, 0.3) is 22.3 Å². The number of hydrogen-bond donors (Lipinski definition) is 0. The van der Waals surface area contributed by atoms with Crippen LogP contribution in [0.15, 0.2) is 59.6 Å². The molecule has 0 spiro atoms. The van der Waals surface area contributed by atoms with Crippen LogP contribution in [0.4, 0.5) is 11.8 Å². The van der Waals surface area contributed by atoms with E-state index in [-0.39, 0.29) is 0 Å². The van der Waals surface area contributed by atoms with E-state index in [1.807, 2.05) is 18.2 Å². The maximum absolute atomic E-state index is 4.94. The van der Waals surface area contributed by atoms with E-state index in [4.69, 9.17) is 9.97 Å². The van der Waals surface area contributed by atoms with Gasteiger partial charge in [-0.15, -0.1) is 0 Å². The standard InChI is InChI=1S/C20H18N6S/c1-2-5-17-16(4-1)19(24-18(23-17)15-6-13-27-14-15)25-9-11-26(12-10-25)20-21-7-3-8-22-20/h1-8,13-14H,9-12H2. The van der Waals surface area contributed by atoms with E-state index in [9.17, 15) is 0 Å². The molecule has 1 fully saturated rings. The van der Waals surface area contributed by atoms with Crippen molar-refractivity contribution in [1.29, 1.82) is 0 Å². The zero-order chi connectivity index (χ0) is 18.1. The van der Waals surface area contributed by atoms with Gasteiger partial charge in [-0.1, -0.05) is 12.1 Å². The maximum atomic E-state index is 4.94. The maximum Gasteiger partial charge on any atom is 0.225 e. The quantitative estimate of drug-likeness (QED) is 0.547. The fraction of sp³-hybridized carbons (Fsp3) is 0.200. The summed E-state index contributed by atoms with van der Waals surface area (Å²) < 4.78 is 0. The number of rotatable bonds is 3. The molecule has 4 aromatic rings. The molecular weight excluding hydrogens is 356 g/mol. The van der Waals surface area contributed by atoms with Crippen molar-refractivity contribution in [2.75, 3.05) is 36.0 Å². The fourth-order valence-corrected chi connectivity index (χ4v) is 4.03. The van der Waals surface area contributed by atoms with Crippen molar-refractivity contribution in [2.24, 2.45) is 0 Å². The number of aromatic nitrogens is 4. The summed E-state index contributed by atoms with van der Waals surface area (Å²) >= 11 is 1.67. The number of fused-ring (bicyclic) bond motifs is 1. The lowest BCUT2D eigenvalue weighted by Gasteiger charge is -2.35. The van der Waals surface area contributed by atoms with Crippen LogP contribution in [-0.2, 0) is 0 Å². The summed E-state index contributed by atoms with van der Waals surface area (Å²) in [6, 6.07) is 12.2. The first-order chi connectivity index (χ1) is 13.4. The van der Waals surface area contributed by atoms with Gasteiger partial charge in [0.15, 0.2) is 5.82 Å². The minimum Gasteiger partial charge on any atom is -0.352 e. The Hall–Kier alpha value is -3.06. The first kappa shape index (κ1) is 16.1. The zero-order valence-corrected chi connectivity index (χ0v) is 15.5. The van der Waals surface area contributed by atoms with Gasteiger partial charge in [-0.05, 0) is 29.6 Å². The number of benzene rings is 1. The molecule has 4 heterocycles. The molecule has 6 nitrogen and oxygen atoms in total. The third-order valence-corrected chi connectivity index (χ3v) is 5.46.